The van der Waals surface area contributed by atoms with E-state index in [4.69, 9.17) is 15.5 Å². The molecule has 0 amide bonds. The first kappa shape index (κ1) is 14.5. The van der Waals surface area contributed by atoms with Crippen molar-refractivity contribution in [1.29, 1.82) is 0 Å². The van der Waals surface area contributed by atoms with Crippen LogP contribution in [0.25, 0.3) is 0 Å². The zero-order valence-electron chi connectivity index (χ0n) is 11.8. The third-order valence-corrected chi connectivity index (χ3v) is 6.62. The molecule has 1 aromatic heterocycles. The SMILES string of the molecule is CC1(c2cc(Br)cs2)CC2(CCOCC2)CCC(N)=N1. The monoisotopic (exact) mass is 356 g/mol. The first-order valence-electron chi connectivity index (χ1n) is 7.18. The van der Waals surface area contributed by atoms with E-state index in [1.807, 2.05) is 0 Å². The number of hydrogen-bond acceptors (Lipinski definition) is 4. The van der Waals surface area contributed by atoms with Gasteiger partial charge in [0.05, 0.1) is 11.4 Å². The van der Waals surface area contributed by atoms with Gasteiger partial charge in [0.2, 0.25) is 0 Å². The Morgan fingerprint density at radius 2 is 2.10 bits per heavy atom. The van der Waals surface area contributed by atoms with E-state index in [9.17, 15) is 0 Å². The summed E-state index contributed by atoms with van der Waals surface area (Å²) in [7, 11) is 0. The Labute approximate surface area is 132 Å². The average Bonchev–Trinajstić information content (AvgIpc) is 2.80. The van der Waals surface area contributed by atoms with Crippen LogP contribution in [0.4, 0.5) is 0 Å². The van der Waals surface area contributed by atoms with Crippen LogP contribution < -0.4 is 5.73 Å². The molecule has 5 heteroatoms. The predicted molar refractivity (Wildman–Crippen MR) is 87.3 cm³/mol. The molecule has 1 atom stereocenters. The maximum atomic E-state index is 6.16. The highest BCUT2D eigenvalue weighted by Gasteiger charge is 2.43. The van der Waals surface area contributed by atoms with Gasteiger partial charge in [-0.05, 0) is 60.0 Å². The van der Waals surface area contributed by atoms with E-state index in [1.165, 1.54) is 4.88 Å². The molecule has 3 rings (SSSR count). The zero-order chi connectivity index (χ0) is 14.2. The number of rotatable bonds is 1. The van der Waals surface area contributed by atoms with Gasteiger partial charge in [-0.1, -0.05) is 0 Å². The molecular formula is C15H21BrN2OS. The first-order valence-corrected chi connectivity index (χ1v) is 8.85. The van der Waals surface area contributed by atoms with Crippen LogP contribution in [-0.2, 0) is 10.3 Å². The molecular weight excluding hydrogens is 336 g/mol. The third-order valence-electron chi connectivity index (χ3n) is 4.67. The third kappa shape index (κ3) is 2.81. The molecule has 3 nitrogen and oxygen atoms in total. The lowest BCUT2D eigenvalue weighted by Gasteiger charge is -2.40. The number of ether oxygens (including phenoxy) is 1. The summed E-state index contributed by atoms with van der Waals surface area (Å²) in [5.74, 6) is 0.806. The van der Waals surface area contributed by atoms with Crippen LogP contribution in [0.15, 0.2) is 20.9 Å². The van der Waals surface area contributed by atoms with Gasteiger partial charge in [0.15, 0.2) is 0 Å². The van der Waals surface area contributed by atoms with E-state index in [2.05, 4.69) is 34.3 Å². The van der Waals surface area contributed by atoms with Gasteiger partial charge in [-0.2, -0.15) is 0 Å². The van der Waals surface area contributed by atoms with Crippen molar-refractivity contribution in [3.63, 3.8) is 0 Å². The summed E-state index contributed by atoms with van der Waals surface area (Å²) in [5.41, 5.74) is 6.31. The summed E-state index contributed by atoms with van der Waals surface area (Å²) < 4.78 is 6.71. The fraction of sp³-hybridized carbons (Fsp3) is 0.667. The van der Waals surface area contributed by atoms with Crippen LogP contribution in [0, 0.1) is 5.41 Å². The minimum atomic E-state index is -0.186. The average molecular weight is 357 g/mol. The molecule has 110 valence electrons. The molecule has 0 aliphatic carbocycles. The van der Waals surface area contributed by atoms with E-state index in [1.54, 1.807) is 11.3 Å². The lowest BCUT2D eigenvalue weighted by atomic mass is 9.69. The smallest absolute Gasteiger partial charge is 0.0948 e. The molecule has 20 heavy (non-hydrogen) atoms. The molecule has 1 saturated heterocycles. The molecule has 0 bridgehead atoms. The van der Waals surface area contributed by atoms with Crippen LogP contribution in [0.5, 0.6) is 0 Å². The minimum Gasteiger partial charge on any atom is -0.387 e. The normalized spacial score (nSPS) is 30.0. The number of aliphatic imine (C=N–C) groups is 1. The molecule has 1 aromatic rings. The number of thiophene rings is 1. The molecule has 1 fully saturated rings. The van der Waals surface area contributed by atoms with Crippen LogP contribution in [0.3, 0.4) is 0 Å². The lowest BCUT2D eigenvalue weighted by molar-refractivity contribution is -0.00205. The highest BCUT2D eigenvalue weighted by atomic mass is 79.9. The van der Waals surface area contributed by atoms with Gasteiger partial charge in [0.25, 0.3) is 0 Å². The molecule has 3 heterocycles. The van der Waals surface area contributed by atoms with Crippen molar-refractivity contribution >= 4 is 33.1 Å². The van der Waals surface area contributed by atoms with Crippen molar-refractivity contribution in [2.45, 2.75) is 44.6 Å². The molecule has 0 radical (unpaired) electrons. The van der Waals surface area contributed by atoms with Crippen molar-refractivity contribution in [3.8, 4) is 0 Å². The quantitative estimate of drug-likeness (QED) is 0.824. The van der Waals surface area contributed by atoms with E-state index in [0.717, 1.165) is 55.6 Å². The van der Waals surface area contributed by atoms with Crippen molar-refractivity contribution in [1.82, 2.24) is 0 Å². The Hall–Kier alpha value is -0.390. The van der Waals surface area contributed by atoms with Gasteiger partial charge in [0.1, 0.15) is 0 Å². The summed E-state index contributed by atoms with van der Waals surface area (Å²) in [4.78, 5) is 6.19. The van der Waals surface area contributed by atoms with Crippen molar-refractivity contribution < 1.29 is 4.74 Å². The zero-order valence-corrected chi connectivity index (χ0v) is 14.2. The van der Waals surface area contributed by atoms with Crippen LogP contribution in [0.2, 0.25) is 0 Å². The molecule has 0 saturated carbocycles. The second-order valence-corrected chi connectivity index (χ2v) is 8.12. The van der Waals surface area contributed by atoms with Crippen LogP contribution >= 0.6 is 27.3 Å². The molecule has 0 aromatic carbocycles. The van der Waals surface area contributed by atoms with Gasteiger partial charge in [0, 0.05) is 34.4 Å². The highest BCUT2D eigenvalue weighted by molar-refractivity contribution is 9.10. The van der Waals surface area contributed by atoms with Gasteiger partial charge in [-0.3, -0.25) is 4.99 Å². The maximum Gasteiger partial charge on any atom is 0.0948 e. The highest BCUT2D eigenvalue weighted by Crippen LogP contribution is 2.49. The Morgan fingerprint density at radius 1 is 1.35 bits per heavy atom. The summed E-state index contributed by atoms with van der Waals surface area (Å²) in [6.07, 6.45) is 5.42. The maximum absolute atomic E-state index is 6.16. The van der Waals surface area contributed by atoms with E-state index < -0.39 is 0 Å². The number of nitrogens with two attached hydrogens (primary N) is 1. The summed E-state index contributed by atoms with van der Waals surface area (Å²) in [6.45, 7) is 3.99. The number of hydrogen-bond donors (Lipinski definition) is 1. The Morgan fingerprint density at radius 3 is 2.75 bits per heavy atom. The fourth-order valence-corrected chi connectivity index (χ4v) is 5.13. The number of nitrogens with zero attached hydrogens (tertiary/aromatic N) is 1. The second kappa shape index (κ2) is 5.43. The topological polar surface area (TPSA) is 47.6 Å². The summed E-state index contributed by atoms with van der Waals surface area (Å²) in [5, 5.41) is 2.13. The number of halogens is 1. The van der Waals surface area contributed by atoms with Gasteiger partial charge < -0.3 is 10.5 Å². The lowest BCUT2D eigenvalue weighted by Crippen LogP contribution is -2.35. The predicted octanol–water partition coefficient (Wildman–Crippen LogP) is 4.06. The van der Waals surface area contributed by atoms with E-state index in [0.29, 0.717) is 5.41 Å². The van der Waals surface area contributed by atoms with Gasteiger partial charge in [-0.15, -0.1) is 11.3 Å². The Bertz CT molecular complexity index is 522. The van der Waals surface area contributed by atoms with Crippen molar-refractivity contribution in [2.75, 3.05) is 13.2 Å². The van der Waals surface area contributed by atoms with Gasteiger partial charge in [-0.25, -0.2) is 0 Å². The van der Waals surface area contributed by atoms with Gasteiger partial charge >= 0.3 is 0 Å². The van der Waals surface area contributed by atoms with Crippen LogP contribution in [0.1, 0.15) is 43.9 Å². The molecule has 1 spiro atoms. The van der Waals surface area contributed by atoms with E-state index in [-0.39, 0.29) is 5.54 Å². The number of amidine groups is 1. The van der Waals surface area contributed by atoms with Crippen molar-refractivity contribution in [3.05, 3.63) is 20.8 Å². The molecule has 1 unspecified atom stereocenters. The molecule has 2 aliphatic rings. The first-order chi connectivity index (χ1) is 9.51. The Kier molecular flexibility index (Phi) is 3.95. The molecule has 2 N–H and O–H groups in total. The summed E-state index contributed by atoms with van der Waals surface area (Å²) in [6, 6.07) is 2.19. The largest absolute Gasteiger partial charge is 0.387 e. The minimum absolute atomic E-state index is 0.186. The van der Waals surface area contributed by atoms with E-state index >= 15 is 0 Å². The standard InChI is InChI=1S/C15H21BrN2OS/c1-14(12-8-11(16)9-20-12)10-15(3-2-13(17)18-14)4-6-19-7-5-15/h8-9H,2-7,10H2,1H3,(H2,17,18). The van der Waals surface area contributed by atoms with Crippen LogP contribution in [-0.4, -0.2) is 19.0 Å². The molecule has 2 aliphatic heterocycles. The van der Waals surface area contributed by atoms with Crippen molar-refractivity contribution in [2.24, 2.45) is 16.1 Å². The summed E-state index contributed by atoms with van der Waals surface area (Å²) >= 11 is 5.33. The fourth-order valence-electron chi connectivity index (χ4n) is 3.59. The second-order valence-electron chi connectivity index (χ2n) is 6.30. The Balaban J connectivity index is 1.96.